The second-order valence-electron chi connectivity index (χ2n) is 5.47. The maximum Gasteiger partial charge on any atom is 0.416 e. The highest BCUT2D eigenvalue weighted by atomic mass is 19.4. The number of carbonyl (C=O) groups is 1. The van der Waals surface area contributed by atoms with E-state index in [9.17, 15) is 18.0 Å². The number of alkyl halides is 3. The predicted octanol–water partition coefficient (Wildman–Crippen LogP) is 3.35. The molecule has 5 nitrogen and oxygen atoms in total. The molecular formula is C16H15F3N4O. The van der Waals surface area contributed by atoms with E-state index in [1.165, 1.54) is 24.4 Å². The standard InChI is InChI=1S/C16H15F3N4O/c17-16(18,19)11-3-5-12(6-4-11)21-14(24)13-7-8-20-15(22-13)23-9-1-2-10-23/h3-8H,1-2,9-10H2,(H,21,24). The van der Waals surface area contributed by atoms with E-state index in [1.54, 1.807) is 0 Å². The van der Waals surface area contributed by atoms with Gasteiger partial charge in [0.05, 0.1) is 5.56 Å². The van der Waals surface area contributed by atoms with Crippen molar-refractivity contribution >= 4 is 17.5 Å². The van der Waals surface area contributed by atoms with Gasteiger partial charge >= 0.3 is 6.18 Å². The Labute approximate surface area is 136 Å². The van der Waals surface area contributed by atoms with Crippen molar-refractivity contribution in [3.63, 3.8) is 0 Å². The molecule has 1 fully saturated rings. The number of nitrogens with zero attached hydrogens (tertiary/aromatic N) is 3. The number of nitrogens with one attached hydrogen (secondary N) is 1. The number of amides is 1. The van der Waals surface area contributed by atoms with Crippen molar-refractivity contribution in [1.29, 1.82) is 0 Å². The topological polar surface area (TPSA) is 58.1 Å². The molecule has 8 heteroatoms. The average Bonchev–Trinajstić information content (AvgIpc) is 3.09. The number of halogens is 3. The van der Waals surface area contributed by atoms with Crippen molar-refractivity contribution in [1.82, 2.24) is 9.97 Å². The SMILES string of the molecule is O=C(Nc1ccc(C(F)(F)F)cc1)c1ccnc(N2CCCC2)n1. The van der Waals surface area contributed by atoms with Crippen LogP contribution in [-0.4, -0.2) is 29.0 Å². The summed E-state index contributed by atoms with van der Waals surface area (Å²) in [6, 6.07) is 5.74. The minimum atomic E-state index is -4.40. The zero-order chi connectivity index (χ0) is 17.2. The molecule has 2 heterocycles. The van der Waals surface area contributed by atoms with Gasteiger partial charge in [-0.3, -0.25) is 4.79 Å². The van der Waals surface area contributed by atoms with Crippen LogP contribution in [0.2, 0.25) is 0 Å². The van der Waals surface area contributed by atoms with Gasteiger partial charge in [0.25, 0.3) is 5.91 Å². The normalized spacial score (nSPS) is 14.7. The van der Waals surface area contributed by atoms with E-state index in [0.29, 0.717) is 5.95 Å². The van der Waals surface area contributed by atoms with Crippen molar-refractivity contribution < 1.29 is 18.0 Å². The molecule has 1 amide bonds. The monoisotopic (exact) mass is 336 g/mol. The molecule has 1 N–H and O–H groups in total. The average molecular weight is 336 g/mol. The minimum absolute atomic E-state index is 0.173. The number of aromatic nitrogens is 2. The molecule has 1 saturated heterocycles. The quantitative estimate of drug-likeness (QED) is 0.934. The summed E-state index contributed by atoms with van der Waals surface area (Å²) < 4.78 is 37.6. The Kier molecular flexibility index (Phi) is 4.37. The molecule has 1 aromatic carbocycles. The van der Waals surface area contributed by atoms with Gasteiger partial charge in [-0.25, -0.2) is 9.97 Å². The smallest absolute Gasteiger partial charge is 0.341 e. The second-order valence-corrected chi connectivity index (χ2v) is 5.47. The third-order valence-electron chi connectivity index (χ3n) is 3.73. The number of hydrogen-bond donors (Lipinski definition) is 1. The number of carbonyl (C=O) groups excluding carboxylic acids is 1. The Hall–Kier alpha value is -2.64. The second kappa shape index (κ2) is 6.46. The van der Waals surface area contributed by atoms with Gasteiger partial charge < -0.3 is 10.2 Å². The van der Waals surface area contributed by atoms with E-state index in [2.05, 4.69) is 15.3 Å². The highest BCUT2D eigenvalue weighted by molar-refractivity contribution is 6.02. The third-order valence-corrected chi connectivity index (χ3v) is 3.73. The Bertz CT molecular complexity index is 725. The largest absolute Gasteiger partial charge is 0.416 e. The van der Waals surface area contributed by atoms with Gasteiger partial charge in [0.15, 0.2) is 0 Å². The van der Waals surface area contributed by atoms with Crippen LogP contribution >= 0.6 is 0 Å². The van der Waals surface area contributed by atoms with Crippen LogP contribution in [0, 0.1) is 0 Å². The summed E-state index contributed by atoms with van der Waals surface area (Å²) in [6.07, 6.45) is -0.779. The summed E-state index contributed by atoms with van der Waals surface area (Å²) in [5.41, 5.74) is -0.319. The first kappa shape index (κ1) is 16.2. The Morgan fingerprint density at radius 3 is 2.38 bits per heavy atom. The Balaban J connectivity index is 1.71. The third kappa shape index (κ3) is 3.64. The summed E-state index contributed by atoms with van der Waals surface area (Å²) >= 11 is 0. The van der Waals surface area contributed by atoms with Crippen LogP contribution in [0.5, 0.6) is 0 Å². The van der Waals surface area contributed by atoms with Crippen molar-refractivity contribution in [2.75, 3.05) is 23.3 Å². The van der Waals surface area contributed by atoms with E-state index in [1.807, 2.05) is 4.90 Å². The van der Waals surface area contributed by atoms with Crippen molar-refractivity contribution in [3.8, 4) is 0 Å². The van der Waals surface area contributed by atoms with E-state index < -0.39 is 17.6 Å². The fourth-order valence-electron chi connectivity index (χ4n) is 2.48. The molecule has 0 saturated carbocycles. The van der Waals surface area contributed by atoms with Crippen molar-refractivity contribution in [2.24, 2.45) is 0 Å². The lowest BCUT2D eigenvalue weighted by Gasteiger charge is -2.15. The van der Waals surface area contributed by atoms with Crippen LogP contribution in [0.1, 0.15) is 28.9 Å². The molecule has 24 heavy (non-hydrogen) atoms. The maximum atomic E-state index is 12.5. The van der Waals surface area contributed by atoms with Crippen LogP contribution < -0.4 is 10.2 Å². The van der Waals surface area contributed by atoms with Crippen LogP contribution in [-0.2, 0) is 6.18 Å². The molecule has 1 aliphatic rings. The highest BCUT2D eigenvalue weighted by Gasteiger charge is 2.30. The maximum absolute atomic E-state index is 12.5. The lowest BCUT2D eigenvalue weighted by atomic mass is 10.2. The summed E-state index contributed by atoms with van der Waals surface area (Å²) in [6.45, 7) is 1.70. The lowest BCUT2D eigenvalue weighted by Crippen LogP contribution is -2.22. The van der Waals surface area contributed by atoms with Gasteiger partial charge in [-0.1, -0.05) is 0 Å². The van der Waals surface area contributed by atoms with E-state index >= 15 is 0 Å². The van der Waals surface area contributed by atoms with E-state index in [-0.39, 0.29) is 11.4 Å². The lowest BCUT2D eigenvalue weighted by molar-refractivity contribution is -0.137. The van der Waals surface area contributed by atoms with E-state index in [4.69, 9.17) is 0 Å². The number of benzene rings is 1. The molecule has 0 bridgehead atoms. The fraction of sp³-hybridized carbons (Fsp3) is 0.312. The summed E-state index contributed by atoms with van der Waals surface area (Å²) in [5.74, 6) is 0.00479. The fourth-order valence-corrected chi connectivity index (χ4v) is 2.48. The molecule has 2 aromatic rings. The molecule has 0 aliphatic carbocycles. The first-order chi connectivity index (χ1) is 11.4. The number of anilines is 2. The molecule has 3 rings (SSSR count). The van der Waals surface area contributed by atoms with E-state index in [0.717, 1.165) is 38.1 Å². The molecule has 0 unspecified atom stereocenters. The Morgan fingerprint density at radius 1 is 1.08 bits per heavy atom. The number of hydrogen-bond acceptors (Lipinski definition) is 4. The summed E-state index contributed by atoms with van der Waals surface area (Å²) in [7, 11) is 0. The Morgan fingerprint density at radius 2 is 1.75 bits per heavy atom. The van der Waals surface area contributed by atoms with Crippen LogP contribution in [0.25, 0.3) is 0 Å². The van der Waals surface area contributed by atoms with Crippen LogP contribution in [0.15, 0.2) is 36.5 Å². The van der Waals surface area contributed by atoms with Crippen molar-refractivity contribution in [3.05, 3.63) is 47.8 Å². The molecule has 0 spiro atoms. The number of rotatable bonds is 3. The van der Waals surface area contributed by atoms with Crippen LogP contribution in [0.4, 0.5) is 24.8 Å². The van der Waals surface area contributed by atoms with Crippen molar-refractivity contribution in [2.45, 2.75) is 19.0 Å². The molecule has 1 aromatic heterocycles. The molecule has 0 radical (unpaired) electrons. The molecule has 1 aliphatic heterocycles. The van der Waals surface area contributed by atoms with Gasteiger partial charge in [-0.2, -0.15) is 13.2 Å². The zero-order valence-electron chi connectivity index (χ0n) is 12.7. The highest BCUT2D eigenvalue weighted by Crippen LogP contribution is 2.29. The van der Waals surface area contributed by atoms with Gasteiger partial charge in [0.2, 0.25) is 5.95 Å². The van der Waals surface area contributed by atoms with Gasteiger partial charge in [-0.15, -0.1) is 0 Å². The molecule has 126 valence electrons. The first-order valence-electron chi connectivity index (χ1n) is 7.50. The first-order valence-corrected chi connectivity index (χ1v) is 7.50. The minimum Gasteiger partial charge on any atom is -0.341 e. The summed E-state index contributed by atoms with van der Waals surface area (Å²) in [4.78, 5) is 22.6. The van der Waals surface area contributed by atoms with Gasteiger partial charge in [0, 0.05) is 25.0 Å². The zero-order valence-corrected chi connectivity index (χ0v) is 12.7. The summed E-state index contributed by atoms with van der Waals surface area (Å²) in [5, 5.41) is 2.54. The predicted molar refractivity (Wildman–Crippen MR) is 82.9 cm³/mol. The molecular weight excluding hydrogens is 321 g/mol. The molecule has 0 atom stereocenters. The van der Waals surface area contributed by atoms with Gasteiger partial charge in [-0.05, 0) is 43.2 Å². The van der Waals surface area contributed by atoms with Crippen LogP contribution in [0.3, 0.4) is 0 Å². The van der Waals surface area contributed by atoms with Gasteiger partial charge in [0.1, 0.15) is 5.69 Å².